The minimum absolute atomic E-state index is 0.245. The van der Waals surface area contributed by atoms with Crippen LogP contribution in [0.1, 0.15) is 16.3 Å². The van der Waals surface area contributed by atoms with Gasteiger partial charge >= 0.3 is 6.18 Å². The number of benzene rings is 1. The van der Waals surface area contributed by atoms with E-state index in [1.807, 2.05) is 0 Å². The van der Waals surface area contributed by atoms with Crippen molar-refractivity contribution in [3.8, 4) is 0 Å². The van der Waals surface area contributed by atoms with Crippen LogP contribution in [0.2, 0.25) is 0 Å². The Morgan fingerprint density at radius 3 is 2.08 bits per heavy atom. The highest BCUT2D eigenvalue weighted by Crippen LogP contribution is 2.30. The second kappa shape index (κ2) is 7.16. The Morgan fingerprint density at radius 2 is 1.54 bits per heavy atom. The van der Waals surface area contributed by atoms with Crippen molar-refractivity contribution in [1.82, 2.24) is 14.8 Å². The molecule has 24 heavy (non-hydrogen) atoms. The van der Waals surface area contributed by atoms with Gasteiger partial charge in [-0.3, -0.25) is 9.80 Å². The molecule has 1 saturated heterocycles. The van der Waals surface area contributed by atoms with E-state index >= 15 is 0 Å². The van der Waals surface area contributed by atoms with E-state index in [2.05, 4.69) is 14.8 Å². The summed E-state index contributed by atoms with van der Waals surface area (Å²) in [6, 6.07) is 6.45. The van der Waals surface area contributed by atoms with Crippen molar-refractivity contribution in [2.45, 2.75) is 19.3 Å². The Balaban J connectivity index is 1.48. The van der Waals surface area contributed by atoms with Gasteiger partial charge in [0.1, 0.15) is 10.8 Å². The van der Waals surface area contributed by atoms with Crippen molar-refractivity contribution in [2.24, 2.45) is 0 Å². The molecule has 0 saturated carbocycles. The van der Waals surface area contributed by atoms with Gasteiger partial charge in [0.25, 0.3) is 0 Å². The summed E-state index contributed by atoms with van der Waals surface area (Å²) >= 11 is 1.05. The first-order chi connectivity index (χ1) is 11.4. The first-order valence-corrected chi connectivity index (χ1v) is 8.49. The number of rotatable bonds is 4. The van der Waals surface area contributed by atoms with Gasteiger partial charge in [0, 0.05) is 38.1 Å². The van der Waals surface area contributed by atoms with Crippen LogP contribution >= 0.6 is 11.3 Å². The molecule has 1 aliphatic rings. The van der Waals surface area contributed by atoms with E-state index in [4.69, 9.17) is 0 Å². The molecule has 0 bridgehead atoms. The van der Waals surface area contributed by atoms with E-state index in [-0.39, 0.29) is 5.82 Å². The zero-order valence-corrected chi connectivity index (χ0v) is 13.7. The zero-order valence-electron chi connectivity index (χ0n) is 12.9. The Morgan fingerprint density at radius 1 is 0.958 bits per heavy atom. The fourth-order valence-corrected chi connectivity index (χ4v) is 3.50. The summed E-state index contributed by atoms with van der Waals surface area (Å²) in [4.78, 5) is 8.04. The molecule has 2 heterocycles. The molecule has 0 aliphatic carbocycles. The van der Waals surface area contributed by atoms with Crippen LogP contribution in [0, 0.1) is 5.82 Å². The van der Waals surface area contributed by atoms with Crippen molar-refractivity contribution < 1.29 is 17.6 Å². The van der Waals surface area contributed by atoms with Crippen LogP contribution < -0.4 is 0 Å². The van der Waals surface area contributed by atoms with E-state index < -0.39 is 11.9 Å². The van der Waals surface area contributed by atoms with Gasteiger partial charge in [0.15, 0.2) is 5.69 Å². The van der Waals surface area contributed by atoms with Gasteiger partial charge in [-0.25, -0.2) is 9.37 Å². The van der Waals surface area contributed by atoms with Crippen LogP contribution in [-0.2, 0) is 19.3 Å². The molecule has 0 radical (unpaired) electrons. The average molecular weight is 359 g/mol. The average Bonchev–Trinajstić information content (AvgIpc) is 3.00. The first-order valence-electron chi connectivity index (χ1n) is 7.61. The van der Waals surface area contributed by atoms with Crippen LogP contribution in [0.25, 0.3) is 0 Å². The molecule has 3 rings (SSSR count). The van der Waals surface area contributed by atoms with Crippen molar-refractivity contribution in [2.75, 3.05) is 26.2 Å². The van der Waals surface area contributed by atoms with Crippen molar-refractivity contribution in [1.29, 1.82) is 0 Å². The molecule has 1 aliphatic heterocycles. The number of halogens is 4. The molecule has 2 aromatic rings. The third kappa shape index (κ3) is 4.52. The Hall–Kier alpha value is -1.51. The maximum Gasteiger partial charge on any atom is 0.434 e. The summed E-state index contributed by atoms with van der Waals surface area (Å²) < 4.78 is 50.6. The van der Waals surface area contributed by atoms with Gasteiger partial charge in [-0.05, 0) is 17.7 Å². The smallest absolute Gasteiger partial charge is 0.297 e. The lowest BCUT2D eigenvalue weighted by molar-refractivity contribution is -0.140. The third-order valence-electron chi connectivity index (χ3n) is 3.99. The molecular formula is C16H17F4N3S. The van der Waals surface area contributed by atoms with E-state index in [0.29, 0.717) is 11.6 Å². The monoisotopic (exact) mass is 359 g/mol. The number of piperazine rings is 1. The highest BCUT2D eigenvalue weighted by atomic mass is 32.1. The van der Waals surface area contributed by atoms with Gasteiger partial charge in [-0.15, -0.1) is 11.3 Å². The molecule has 8 heteroatoms. The number of alkyl halides is 3. The van der Waals surface area contributed by atoms with Gasteiger partial charge < -0.3 is 0 Å². The van der Waals surface area contributed by atoms with E-state index in [1.165, 1.54) is 12.1 Å². The second-order valence-corrected chi connectivity index (χ2v) is 6.75. The summed E-state index contributed by atoms with van der Waals surface area (Å²) in [6.07, 6.45) is -4.37. The Labute approximate surface area is 141 Å². The molecule has 1 fully saturated rings. The lowest BCUT2D eigenvalue weighted by atomic mass is 10.2. The van der Waals surface area contributed by atoms with Crippen molar-refractivity contribution in [3.63, 3.8) is 0 Å². The largest absolute Gasteiger partial charge is 0.434 e. The SMILES string of the molecule is Fc1ccc(CN2CCN(Cc3nc(C(F)(F)F)cs3)CC2)cc1. The highest BCUT2D eigenvalue weighted by Gasteiger charge is 2.33. The zero-order chi connectivity index (χ0) is 17.2. The van der Waals surface area contributed by atoms with Gasteiger partial charge in [0.05, 0.1) is 6.54 Å². The lowest BCUT2D eigenvalue weighted by Crippen LogP contribution is -2.45. The fourth-order valence-electron chi connectivity index (χ4n) is 2.66. The normalized spacial score (nSPS) is 17.3. The van der Waals surface area contributed by atoms with Crippen LogP contribution in [0.15, 0.2) is 29.6 Å². The predicted molar refractivity (Wildman–Crippen MR) is 84.1 cm³/mol. The summed E-state index contributed by atoms with van der Waals surface area (Å²) in [6.45, 7) is 4.42. The molecule has 3 nitrogen and oxygen atoms in total. The molecular weight excluding hydrogens is 342 g/mol. The molecule has 0 atom stereocenters. The van der Waals surface area contributed by atoms with Gasteiger partial charge in [-0.1, -0.05) is 12.1 Å². The third-order valence-corrected chi connectivity index (χ3v) is 4.82. The second-order valence-electron chi connectivity index (χ2n) is 5.80. The predicted octanol–water partition coefficient (Wildman–Crippen LogP) is 3.62. The lowest BCUT2D eigenvalue weighted by Gasteiger charge is -2.34. The van der Waals surface area contributed by atoms with E-state index in [9.17, 15) is 17.6 Å². The van der Waals surface area contributed by atoms with Crippen LogP contribution in [0.4, 0.5) is 17.6 Å². The van der Waals surface area contributed by atoms with Crippen LogP contribution in [0.3, 0.4) is 0 Å². The summed E-state index contributed by atoms with van der Waals surface area (Å²) in [5.41, 5.74) is 0.247. The molecule has 0 unspecified atom stereocenters. The molecule has 1 aromatic heterocycles. The molecule has 1 aromatic carbocycles. The molecule has 130 valence electrons. The number of aromatic nitrogens is 1. The number of hydrogen-bond donors (Lipinski definition) is 0. The Kier molecular flexibility index (Phi) is 5.17. The molecule has 0 spiro atoms. The molecule has 0 N–H and O–H groups in total. The minimum atomic E-state index is -4.37. The minimum Gasteiger partial charge on any atom is -0.297 e. The van der Waals surface area contributed by atoms with Crippen LogP contribution in [-0.4, -0.2) is 41.0 Å². The van der Waals surface area contributed by atoms with Gasteiger partial charge in [0.2, 0.25) is 0 Å². The maximum absolute atomic E-state index is 12.9. The van der Waals surface area contributed by atoms with E-state index in [1.54, 1.807) is 12.1 Å². The summed E-state index contributed by atoms with van der Waals surface area (Å²) in [5, 5.41) is 1.56. The summed E-state index contributed by atoms with van der Waals surface area (Å²) in [7, 11) is 0. The maximum atomic E-state index is 12.9. The number of nitrogens with zero attached hydrogens (tertiary/aromatic N) is 3. The van der Waals surface area contributed by atoms with E-state index in [0.717, 1.165) is 55.0 Å². The quantitative estimate of drug-likeness (QED) is 0.778. The fraction of sp³-hybridized carbons (Fsp3) is 0.438. The van der Waals surface area contributed by atoms with Gasteiger partial charge in [-0.2, -0.15) is 13.2 Å². The number of thiazole rings is 1. The topological polar surface area (TPSA) is 19.4 Å². The first kappa shape index (κ1) is 17.3. The molecule has 0 amide bonds. The number of hydrogen-bond acceptors (Lipinski definition) is 4. The Bertz CT molecular complexity index is 661. The van der Waals surface area contributed by atoms with Crippen molar-refractivity contribution >= 4 is 11.3 Å². The summed E-state index contributed by atoms with van der Waals surface area (Å²) in [5.74, 6) is -0.245. The van der Waals surface area contributed by atoms with Crippen LogP contribution in [0.5, 0.6) is 0 Å². The van der Waals surface area contributed by atoms with Crippen molar-refractivity contribution in [3.05, 3.63) is 51.7 Å². The standard InChI is InChI=1S/C16H17F4N3S/c17-13-3-1-12(2-4-13)9-22-5-7-23(8-6-22)10-15-21-14(11-24-15)16(18,19)20/h1-4,11H,5-10H2. The highest BCUT2D eigenvalue weighted by molar-refractivity contribution is 7.09.